The molecular formula is C29H37BrN4O2. The maximum atomic E-state index is 12.2. The number of carbonyl (C=O) groups excluding carboxylic acids is 1. The molecule has 36 heavy (non-hydrogen) atoms. The summed E-state index contributed by atoms with van der Waals surface area (Å²) in [7, 11) is 4.07. The van der Waals surface area contributed by atoms with Gasteiger partial charge in [-0.2, -0.15) is 0 Å². The van der Waals surface area contributed by atoms with E-state index in [1.165, 1.54) is 35.2 Å². The molecule has 1 aromatic heterocycles. The lowest BCUT2D eigenvalue weighted by atomic mass is 9.92. The minimum absolute atomic E-state index is 0.253. The van der Waals surface area contributed by atoms with Crippen molar-refractivity contribution in [3.05, 3.63) is 63.8 Å². The highest BCUT2D eigenvalue weighted by Crippen LogP contribution is 2.34. The number of unbranched alkanes of at least 4 members (excludes halogenated alkanes) is 2. The number of halogens is 1. The number of nitrogens with zero attached hydrogens (tertiary/aromatic N) is 2. The fraction of sp³-hybridized carbons (Fsp3) is 0.448. The van der Waals surface area contributed by atoms with E-state index >= 15 is 0 Å². The maximum Gasteiger partial charge on any atom is 0.412 e. The van der Waals surface area contributed by atoms with Gasteiger partial charge in [0.25, 0.3) is 0 Å². The summed E-state index contributed by atoms with van der Waals surface area (Å²) in [5, 5.41) is 7.80. The molecule has 4 rings (SSSR count). The van der Waals surface area contributed by atoms with Gasteiger partial charge < -0.3 is 20.3 Å². The van der Waals surface area contributed by atoms with Crippen LogP contribution in [0.4, 0.5) is 10.5 Å². The summed E-state index contributed by atoms with van der Waals surface area (Å²) in [5.41, 5.74) is 6.07. The SMILES string of the molecule is C[C@@H](c1cccc(OC(=O)NCCCCCNc2c3c(nc4cc(Br)ccc24)CCCC3)c1)N(C)C. The zero-order valence-corrected chi connectivity index (χ0v) is 23.2. The highest BCUT2D eigenvalue weighted by Gasteiger charge is 2.18. The first kappa shape index (κ1) is 26.4. The Hall–Kier alpha value is -2.64. The molecule has 7 heteroatoms. The molecule has 1 amide bonds. The molecule has 1 heterocycles. The smallest absolute Gasteiger partial charge is 0.410 e. The minimum Gasteiger partial charge on any atom is -0.410 e. The van der Waals surface area contributed by atoms with Crippen LogP contribution in [-0.2, 0) is 12.8 Å². The Bertz CT molecular complexity index is 1200. The molecule has 6 nitrogen and oxygen atoms in total. The number of fused-ring (bicyclic) bond motifs is 2. The number of ether oxygens (including phenoxy) is 1. The Morgan fingerprint density at radius 1 is 1.08 bits per heavy atom. The summed E-state index contributed by atoms with van der Waals surface area (Å²) < 4.78 is 6.54. The standard InChI is InChI=1S/C29H37BrN4O2/c1-20(34(2)3)21-10-9-11-23(18-21)36-29(35)32-17-8-4-7-16-31-28-24-12-5-6-13-26(24)33-27-19-22(30)14-15-25(27)28/h9-11,14-15,18-20H,4-8,12-13,16-17H2,1-3H3,(H,31,33)(H,32,35)/t20-/m0/s1. The second-order valence-electron chi connectivity index (χ2n) is 9.80. The summed E-state index contributed by atoms with van der Waals surface area (Å²) in [6, 6.07) is 14.3. The van der Waals surface area contributed by atoms with E-state index in [2.05, 4.69) is 56.6 Å². The molecule has 0 unspecified atom stereocenters. The summed E-state index contributed by atoms with van der Waals surface area (Å²) in [6.07, 6.45) is 7.18. The third-order valence-corrected chi connectivity index (χ3v) is 7.47. The van der Waals surface area contributed by atoms with Gasteiger partial charge in [0.2, 0.25) is 0 Å². The average molecular weight is 554 g/mol. The van der Waals surface area contributed by atoms with E-state index in [0.717, 1.165) is 54.2 Å². The van der Waals surface area contributed by atoms with Crippen LogP contribution < -0.4 is 15.4 Å². The second kappa shape index (κ2) is 12.5. The lowest BCUT2D eigenvalue weighted by molar-refractivity contribution is 0.200. The van der Waals surface area contributed by atoms with Crippen LogP contribution in [-0.4, -0.2) is 43.2 Å². The number of anilines is 1. The molecule has 0 spiro atoms. The number of amides is 1. The zero-order chi connectivity index (χ0) is 25.5. The van der Waals surface area contributed by atoms with Gasteiger partial charge in [0.1, 0.15) is 5.75 Å². The Labute approximate surface area is 222 Å². The minimum atomic E-state index is -0.399. The van der Waals surface area contributed by atoms with Crippen molar-refractivity contribution in [2.75, 3.05) is 32.5 Å². The van der Waals surface area contributed by atoms with Crippen molar-refractivity contribution in [2.24, 2.45) is 0 Å². The van der Waals surface area contributed by atoms with E-state index in [0.29, 0.717) is 12.3 Å². The van der Waals surface area contributed by atoms with E-state index < -0.39 is 6.09 Å². The molecule has 0 aliphatic heterocycles. The van der Waals surface area contributed by atoms with E-state index in [-0.39, 0.29) is 6.04 Å². The monoisotopic (exact) mass is 552 g/mol. The number of benzene rings is 2. The number of rotatable bonds is 10. The first-order valence-corrected chi connectivity index (χ1v) is 13.8. The molecule has 2 N–H and O–H groups in total. The first-order valence-electron chi connectivity index (χ1n) is 13.0. The third-order valence-electron chi connectivity index (χ3n) is 6.98. The number of aryl methyl sites for hydroxylation is 1. The number of nitrogens with one attached hydrogen (secondary N) is 2. The van der Waals surface area contributed by atoms with Gasteiger partial charge in [-0.25, -0.2) is 4.79 Å². The highest BCUT2D eigenvalue weighted by molar-refractivity contribution is 9.10. The van der Waals surface area contributed by atoms with Gasteiger partial charge in [-0.15, -0.1) is 0 Å². The molecule has 1 atom stereocenters. The predicted molar refractivity (Wildman–Crippen MR) is 151 cm³/mol. The van der Waals surface area contributed by atoms with E-state index in [9.17, 15) is 4.79 Å². The lowest BCUT2D eigenvalue weighted by Gasteiger charge is -2.22. The van der Waals surface area contributed by atoms with Crippen LogP contribution in [0.5, 0.6) is 5.75 Å². The Morgan fingerprint density at radius 2 is 1.89 bits per heavy atom. The van der Waals surface area contributed by atoms with E-state index in [4.69, 9.17) is 9.72 Å². The van der Waals surface area contributed by atoms with Crippen LogP contribution in [0.1, 0.15) is 61.9 Å². The maximum absolute atomic E-state index is 12.2. The quantitative estimate of drug-likeness (QED) is 0.268. The topological polar surface area (TPSA) is 66.5 Å². The van der Waals surface area contributed by atoms with Crippen molar-refractivity contribution < 1.29 is 9.53 Å². The fourth-order valence-electron chi connectivity index (χ4n) is 4.71. The highest BCUT2D eigenvalue weighted by atomic mass is 79.9. The molecule has 1 aliphatic carbocycles. The largest absolute Gasteiger partial charge is 0.412 e. The molecule has 2 aromatic carbocycles. The van der Waals surface area contributed by atoms with Gasteiger partial charge in [0.15, 0.2) is 0 Å². The molecular weight excluding hydrogens is 516 g/mol. The van der Waals surface area contributed by atoms with Crippen LogP contribution in [0, 0.1) is 0 Å². The van der Waals surface area contributed by atoms with Crippen LogP contribution in [0.3, 0.4) is 0 Å². The van der Waals surface area contributed by atoms with Gasteiger partial charge in [-0.3, -0.25) is 4.98 Å². The lowest BCUT2D eigenvalue weighted by Crippen LogP contribution is -2.27. The van der Waals surface area contributed by atoms with Gasteiger partial charge >= 0.3 is 6.09 Å². The molecule has 0 fully saturated rings. The molecule has 0 saturated heterocycles. The van der Waals surface area contributed by atoms with Crippen molar-refractivity contribution in [3.8, 4) is 5.75 Å². The van der Waals surface area contributed by atoms with Crippen molar-refractivity contribution in [1.29, 1.82) is 0 Å². The normalized spacial score (nSPS) is 13.9. The molecule has 0 radical (unpaired) electrons. The Kier molecular flexibility index (Phi) is 9.21. The molecule has 0 bridgehead atoms. The van der Waals surface area contributed by atoms with Crippen molar-refractivity contribution in [3.63, 3.8) is 0 Å². The summed E-state index contributed by atoms with van der Waals surface area (Å²) in [6.45, 7) is 3.64. The molecule has 1 aliphatic rings. The second-order valence-corrected chi connectivity index (χ2v) is 10.7. The Morgan fingerprint density at radius 3 is 2.72 bits per heavy atom. The number of carbonyl (C=O) groups is 1. The van der Waals surface area contributed by atoms with Gasteiger partial charge in [-0.05, 0) is 107 Å². The summed E-state index contributed by atoms with van der Waals surface area (Å²) >= 11 is 3.58. The van der Waals surface area contributed by atoms with Crippen LogP contribution in [0.15, 0.2) is 46.9 Å². The van der Waals surface area contributed by atoms with Crippen LogP contribution in [0.2, 0.25) is 0 Å². The van der Waals surface area contributed by atoms with Crippen molar-refractivity contribution >= 4 is 38.6 Å². The van der Waals surface area contributed by atoms with E-state index in [1.807, 2.05) is 38.4 Å². The summed E-state index contributed by atoms with van der Waals surface area (Å²) in [5.74, 6) is 0.572. The molecule has 3 aromatic rings. The van der Waals surface area contributed by atoms with Crippen LogP contribution in [0.25, 0.3) is 10.9 Å². The molecule has 192 valence electrons. The average Bonchev–Trinajstić information content (AvgIpc) is 2.87. The summed E-state index contributed by atoms with van der Waals surface area (Å²) in [4.78, 5) is 19.3. The fourth-order valence-corrected chi connectivity index (χ4v) is 5.06. The number of aromatic nitrogens is 1. The molecule has 0 saturated carbocycles. The van der Waals surface area contributed by atoms with Crippen LogP contribution >= 0.6 is 15.9 Å². The number of hydrogen-bond donors (Lipinski definition) is 2. The third kappa shape index (κ3) is 6.77. The number of hydrogen-bond acceptors (Lipinski definition) is 5. The number of pyridine rings is 1. The van der Waals surface area contributed by atoms with E-state index in [1.54, 1.807) is 0 Å². The van der Waals surface area contributed by atoms with Gasteiger partial charge in [0.05, 0.1) is 5.52 Å². The first-order chi connectivity index (χ1) is 17.4. The van der Waals surface area contributed by atoms with Gasteiger partial charge in [-0.1, -0.05) is 28.1 Å². The van der Waals surface area contributed by atoms with Gasteiger partial charge in [0, 0.05) is 40.4 Å². The zero-order valence-electron chi connectivity index (χ0n) is 21.6. The Balaban J connectivity index is 1.22. The predicted octanol–water partition coefficient (Wildman–Crippen LogP) is 6.87. The van der Waals surface area contributed by atoms with Crippen molar-refractivity contribution in [2.45, 2.75) is 57.9 Å². The van der Waals surface area contributed by atoms with Crippen molar-refractivity contribution in [1.82, 2.24) is 15.2 Å².